The monoisotopic (exact) mass is 403 g/mol. The molecule has 0 unspecified atom stereocenters. The number of pyridine rings is 1. The predicted octanol–water partition coefficient (Wildman–Crippen LogP) is 5.91. The molecule has 106 valence electrons. The maximum absolute atomic E-state index is 4.69. The Kier molecular flexibility index (Phi) is 4.41. The van der Waals surface area contributed by atoms with Crippen LogP contribution >= 0.6 is 31.9 Å². The third-order valence-electron chi connectivity index (χ3n) is 3.66. The van der Waals surface area contributed by atoms with Crippen LogP contribution in [0.5, 0.6) is 0 Å². The van der Waals surface area contributed by atoms with Crippen LogP contribution in [-0.4, -0.2) is 4.98 Å². The standard InChI is InChI=1S/C18H15Br2N/c1-2-12-8-9-16-14(10-12)17(19)15(18(20)21-16)11-13-6-4-3-5-7-13/h3-10H,2,11H2,1H3. The second-order valence-electron chi connectivity index (χ2n) is 5.06. The average molecular weight is 405 g/mol. The van der Waals surface area contributed by atoms with Crippen molar-refractivity contribution in [3.63, 3.8) is 0 Å². The summed E-state index contributed by atoms with van der Waals surface area (Å²) in [6, 6.07) is 16.9. The van der Waals surface area contributed by atoms with Gasteiger partial charge in [0.25, 0.3) is 0 Å². The molecule has 21 heavy (non-hydrogen) atoms. The van der Waals surface area contributed by atoms with Crippen LogP contribution in [0.25, 0.3) is 10.9 Å². The van der Waals surface area contributed by atoms with Gasteiger partial charge in [-0.2, -0.15) is 0 Å². The third-order valence-corrected chi connectivity index (χ3v) is 5.22. The van der Waals surface area contributed by atoms with Crippen LogP contribution in [0.3, 0.4) is 0 Å². The van der Waals surface area contributed by atoms with E-state index < -0.39 is 0 Å². The van der Waals surface area contributed by atoms with Crippen LogP contribution in [0.2, 0.25) is 0 Å². The highest BCUT2D eigenvalue weighted by atomic mass is 79.9. The number of halogens is 2. The lowest BCUT2D eigenvalue weighted by atomic mass is 10.0. The van der Waals surface area contributed by atoms with Gasteiger partial charge < -0.3 is 0 Å². The van der Waals surface area contributed by atoms with Crippen LogP contribution in [0.15, 0.2) is 57.6 Å². The van der Waals surface area contributed by atoms with E-state index in [1.807, 2.05) is 6.07 Å². The highest BCUT2D eigenvalue weighted by molar-refractivity contribution is 9.11. The van der Waals surface area contributed by atoms with Gasteiger partial charge in [-0.25, -0.2) is 4.98 Å². The molecule has 0 fully saturated rings. The quantitative estimate of drug-likeness (QED) is 0.494. The summed E-state index contributed by atoms with van der Waals surface area (Å²) in [5.41, 5.74) is 4.83. The lowest BCUT2D eigenvalue weighted by Gasteiger charge is -2.11. The summed E-state index contributed by atoms with van der Waals surface area (Å²) in [6.07, 6.45) is 1.90. The van der Waals surface area contributed by atoms with Gasteiger partial charge in [0.2, 0.25) is 0 Å². The van der Waals surface area contributed by atoms with Crippen molar-refractivity contribution in [3.05, 3.63) is 74.3 Å². The van der Waals surface area contributed by atoms with E-state index in [9.17, 15) is 0 Å². The Labute approximate surface area is 141 Å². The molecule has 1 heterocycles. The average Bonchev–Trinajstić information content (AvgIpc) is 2.52. The van der Waals surface area contributed by atoms with Crippen molar-refractivity contribution in [2.45, 2.75) is 19.8 Å². The van der Waals surface area contributed by atoms with Gasteiger partial charge in [-0.05, 0) is 61.5 Å². The summed E-state index contributed by atoms with van der Waals surface area (Å²) in [6.45, 7) is 2.17. The molecule has 3 aromatic rings. The van der Waals surface area contributed by atoms with Gasteiger partial charge in [-0.15, -0.1) is 0 Å². The van der Waals surface area contributed by atoms with Crippen molar-refractivity contribution in [2.24, 2.45) is 0 Å². The SMILES string of the molecule is CCc1ccc2nc(Br)c(Cc3ccccc3)c(Br)c2c1. The summed E-state index contributed by atoms with van der Waals surface area (Å²) in [7, 11) is 0. The molecule has 0 saturated heterocycles. The molecule has 3 heteroatoms. The number of aromatic nitrogens is 1. The maximum atomic E-state index is 4.69. The largest absolute Gasteiger partial charge is 0.241 e. The number of rotatable bonds is 3. The van der Waals surface area contributed by atoms with Gasteiger partial charge >= 0.3 is 0 Å². The third kappa shape index (κ3) is 3.04. The second-order valence-corrected chi connectivity index (χ2v) is 6.61. The van der Waals surface area contributed by atoms with Gasteiger partial charge in [0.1, 0.15) is 4.60 Å². The molecular formula is C18H15Br2N. The smallest absolute Gasteiger partial charge is 0.111 e. The van der Waals surface area contributed by atoms with E-state index in [4.69, 9.17) is 4.98 Å². The molecule has 0 amide bonds. The molecule has 1 nitrogen and oxygen atoms in total. The maximum Gasteiger partial charge on any atom is 0.111 e. The first-order valence-corrected chi connectivity index (χ1v) is 8.58. The molecule has 1 aromatic heterocycles. The first-order valence-electron chi connectivity index (χ1n) is 6.99. The number of fused-ring (bicyclic) bond motifs is 1. The molecule has 0 saturated carbocycles. The highest BCUT2D eigenvalue weighted by Gasteiger charge is 2.12. The molecule has 0 aliphatic carbocycles. The zero-order valence-corrected chi connectivity index (χ0v) is 14.9. The Balaban J connectivity index is 2.13. The molecule has 0 radical (unpaired) electrons. The number of nitrogens with zero attached hydrogens (tertiary/aromatic N) is 1. The molecule has 3 rings (SSSR count). The van der Waals surface area contributed by atoms with Crippen molar-refractivity contribution in [1.82, 2.24) is 4.98 Å². The molecule has 0 N–H and O–H groups in total. The van der Waals surface area contributed by atoms with Crippen LogP contribution in [0.4, 0.5) is 0 Å². The molecular weight excluding hydrogens is 390 g/mol. The Morgan fingerprint density at radius 1 is 0.952 bits per heavy atom. The van der Waals surface area contributed by atoms with Crippen LogP contribution in [0, 0.1) is 0 Å². The lowest BCUT2D eigenvalue weighted by molar-refractivity contribution is 1.12. The minimum Gasteiger partial charge on any atom is -0.241 e. The van der Waals surface area contributed by atoms with Gasteiger partial charge in [0, 0.05) is 21.8 Å². The Hall–Kier alpha value is -1.19. The Morgan fingerprint density at radius 2 is 1.71 bits per heavy atom. The molecule has 0 spiro atoms. The van der Waals surface area contributed by atoms with E-state index in [1.165, 1.54) is 22.1 Å². The van der Waals surface area contributed by atoms with E-state index >= 15 is 0 Å². The predicted molar refractivity (Wildman–Crippen MR) is 95.8 cm³/mol. The number of hydrogen-bond donors (Lipinski definition) is 0. The summed E-state index contributed by atoms with van der Waals surface area (Å²) in [5, 5.41) is 1.18. The normalized spacial score (nSPS) is 11.0. The number of benzene rings is 2. The minimum absolute atomic E-state index is 0.862. The molecule has 0 aliphatic heterocycles. The van der Waals surface area contributed by atoms with Gasteiger partial charge in [-0.3, -0.25) is 0 Å². The van der Waals surface area contributed by atoms with Gasteiger partial charge in [-0.1, -0.05) is 43.3 Å². The first kappa shape index (κ1) is 14.7. The summed E-state index contributed by atoms with van der Waals surface area (Å²) in [4.78, 5) is 4.69. The Bertz CT molecular complexity index is 782. The van der Waals surface area contributed by atoms with Crippen LogP contribution in [0.1, 0.15) is 23.6 Å². The van der Waals surface area contributed by atoms with E-state index in [1.54, 1.807) is 0 Å². The second kappa shape index (κ2) is 6.29. The van der Waals surface area contributed by atoms with E-state index in [0.717, 1.165) is 27.4 Å². The van der Waals surface area contributed by atoms with Crippen molar-refractivity contribution in [3.8, 4) is 0 Å². The summed E-state index contributed by atoms with van der Waals surface area (Å²) >= 11 is 7.40. The van der Waals surface area contributed by atoms with Gasteiger partial charge in [0.15, 0.2) is 0 Å². The Morgan fingerprint density at radius 3 is 2.43 bits per heavy atom. The fourth-order valence-electron chi connectivity index (χ4n) is 2.45. The zero-order valence-electron chi connectivity index (χ0n) is 11.7. The highest BCUT2D eigenvalue weighted by Crippen LogP contribution is 2.33. The van der Waals surface area contributed by atoms with E-state index in [0.29, 0.717) is 0 Å². The number of hydrogen-bond acceptors (Lipinski definition) is 1. The summed E-state index contributed by atoms with van der Waals surface area (Å²) in [5.74, 6) is 0. The molecule has 2 aromatic carbocycles. The fraction of sp³-hybridized carbons (Fsp3) is 0.167. The molecule has 0 bridgehead atoms. The van der Waals surface area contributed by atoms with E-state index in [2.05, 4.69) is 81.2 Å². The zero-order chi connectivity index (χ0) is 14.8. The topological polar surface area (TPSA) is 12.9 Å². The lowest BCUT2D eigenvalue weighted by Crippen LogP contribution is -1.96. The van der Waals surface area contributed by atoms with Crippen molar-refractivity contribution < 1.29 is 0 Å². The van der Waals surface area contributed by atoms with Crippen molar-refractivity contribution in [2.75, 3.05) is 0 Å². The summed E-state index contributed by atoms with van der Waals surface area (Å²) < 4.78 is 2.05. The van der Waals surface area contributed by atoms with Crippen molar-refractivity contribution in [1.29, 1.82) is 0 Å². The molecule has 0 atom stereocenters. The minimum atomic E-state index is 0.862. The molecule has 0 aliphatic rings. The van der Waals surface area contributed by atoms with Crippen LogP contribution < -0.4 is 0 Å². The van der Waals surface area contributed by atoms with Gasteiger partial charge in [0.05, 0.1) is 5.52 Å². The van der Waals surface area contributed by atoms with E-state index in [-0.39, 0.29) is 0 Å². The fourth-order valence-corrected chi connectivity index (χ4v) is 3.89. The van der Waals surface area contributed by atoms with Crippen molar-refractivity contribution >= 4 is 42.8 Å². The first-order chi connectivity index (χ1) is 10.2. The van der Waals surface area contributed by atoms with Crippen LogP contribution in [-0.2, 0) is 12.8 Å². The number of aryl methyl sites for hydroxylation is 1.